The lowest BCUT2D eigenvalue weighted by molar-refractivity contribution is -0.153. The molecule has 0 heterocycles. The zero-order valence-electron chi connectivity index (χ0n) is 11.1. The number of carbonyl (C=O) groups excluding carboxylic acids is 2. The first-order valence-corrected chi connectivity index (χ1v) is 5.99. The van der Waals surface area contributed by atoms with Crippen molar-refractivity contribution in [2.75, 3.05) is 6.61 Å². The average Bonchev–Trinajstić information content (AvgIpc) is 2.44. The summed E-state index contributed by atoms with van der Waals surface area (Å²) in [4.78, 5) is 34.0. The second-order valence-corrected chi connectivity index (χ2v) is 3.95. The minimum absolute atomic E-state index is 0.0411. The number of rotatable bonds is 6. The van der Waals surface area contributed by atoms with Crippen LogP contribution in [0.2, 0.25) is 0 Å². The molecule has 0 saturated carbocycles. The number of carboxylic acid groups (broad SMARTS) is 1. The Morgan fingerprint density at radius 3 is 2.19 bits per heavy atom. The van der Waals surface area contributed by atoms with Crippen LogP contribution < -0.4 is 0 Å². The Hall–Kier alpha value is -2.51. The normalized spacial score (nSPS) is 11.3. The van der Waals surface area contributed by atoms with Gasteiger partial charge in [-0.2, -0.15) is 0 Å². The second kappa shape index (κ2) is 7.32. The third-order valence-corrected chi connectivity index (χ3v) is 2.48. The number of ether oxygens (including phenoxy) is 1. The summed E-state index contributed by atoms with van der Waals surface area (Å²) < 4.78 is 4.46. The molecule has 112 valence electrons. The smallest absolute Gasteiger partial charge is 0.379 e. The molecule has 1 rings (SSSR count). The largest absolute Gasteiger partial charge is 0.478 e. The van der Waals surface area contributed by atoms with E-state index in [0.717, 1.165) is 6.08 Å². The molecule has 0 aromatic heterocycles. The molecule has 0 fully saturated rings. The van der Waals surface area contributed by atoms with Crippen molar-refractivity contribution in [2.24, 2.45) is 0 Å². The lowest BCUT2D eigenvalue weighted by Gasteiger charge is -2.05. The summed E-state index contributed by atoms with van der Waals surface area (Å²) in [5.74, 6) is -4.05. The molecule has 0 saturated heterocycles. The fourth-order valence-corrected chi connectivity index (χ4v) is 1.46. The molecular weight excluding hydrogens is 280 g/mol. The van der Waals surface area contributed by atoms with Crippen LogP contribution in [-0.4, -0.2) is 39.6 Å². The van der Waals surface area contributed by atoms with Crippen LogP contribution in [0.15, 0.2) is 29.8 Å². The molecule has 0 amide bonds. The summed E-state index contributed by atoms with van der Waals surface area (Å²) in [5.41, 5.74) is -0.207. The summed E-state index contributed by atoms with van der Waals surface area (Å²) in [5, 5.41) is 26.9. The van der Waals surface area contributed by atoms with Gasteiger partial charge in [-0.3, -0.25) is 4.79 Å². The Labute approximate surface area is 120 Å². The molecular formula is C14H14O7. The van der Waals surface area contributed by atoms with E-state index >= 15 is 0 Å². The van der Waals surface area contributed by atoms with E-state index in [1.165, 1.54) is 31.2 Å². The zero-order valence-corrected chi connectivity index (χ0v) is 11.1. The summed E-state index contributed by atoms with van der Waals surface area (Å²) in [6.45, 7) is 1.45. The molecule has 0 unspecified atom stereocenters. The third kappa shape index (κ3) is 4.51. The molecule has 0 aliphatic carbocycles. The molecule has 0 radical (unpaired) electrons. The van der Waals surface area contributed by atoms with Crippen molar-refractivity contribution in [3.63, 3.8) is 0 Å². The van der Waals surface area contributed by atoms with Crippen LogP contribution in [0.25, 0.3) is 6.08 Å². The first kappa shape index (κ1) is 16.5. The minimum atomic E-state index is -1.65. The van der Waals surface area contributed by atoms with Gasteiger partial charge in [-0.1, -0.05) is 24.3 Å². The Balaban J connectivity index is 3.07. The number of aliphatic hydroxyl groups excluding tert-OH is 1. The Morgan fingerprint density at radius 2 is 1.76 bits per heavy atom. The van der Waals surface area contributed by atoms with Crippen LogP contribution in [0.1, 0.15) is 24.3 Å². The van der Waals surface area contributed by atoms with Gasteiger partial charge in [0.05, 0.1) is 6.61 Å². The van der Waals surface area contributed by atoms with Crippen LogP contribution in [0.4, 0.5) is 0 Å². The maximum absolute atomic E-state index is 11.7. The first-order valence-electron chi connectivity index (χ1n) is 5.99. The average molecular weight is 294 g/mol. The maximum Gasteiger partial charge on any atom is 0.379 e. The maximum atomic E-state index is 11.7. The monoisotopic (exact) mass is 294 g/mol. The van der Waals surface area contributed by atoms with E-state index in [-0.39, 0.29) is 12.2 Å². The van der Waals surface area contributed by atoms with Crippen LogP contribution in [0.5, 0.6) is 0 Å². The zero-order chi connectivity index (χ0) is 16.0. The molecule has 7 nitrogen and oxygen atoms in total. The van der Waals surface area contributed by atoms with Gasteiger partial charge in [0, 0.05) is 5.56 Å². The molecule has 0 atom stereocenters. The van der Waals surface area contributed by atoms with Gasteiger partial charge in [0.2, 0.25) is 0 Å². The van der Waals surface area contributed by atoms with Gasteiger partial charge in [0.25, 0.3) is 5.78 Å². The summed E-state index contributed by atoms with van der Waals surface area (Å²) in [6, 6.07) is 5.47. The van der Waals surface area contributed by atoms with Crippen LogP contribution in [0.3, 0.4) is 0 Å². The van der Waals surface area contributed by atoms with E-state index in [4.69, 9.17) is 15.3 Å². The second-order valence-electron chi connectivity index (χ2n) is 3.95. The minimum Gasteiger partial charge on any atom is -0.478 e. The fraction of sp³-hybridized carbons (Fsp3) is 0.214. The number of Topliss-reactive ketones (excluding diaryl/α,β-unsaturated/α-hetero) is 1. The highest BCUT2D eigenvalue weighted by molar-refractivity contribution is 6.47. The van der Waals surface area contributed by atoms with Gasteiger partial charge in [-0.15, -0.1) is 0 Å². The predicted octanol–water partition coefficient (Wildman–Crippen LogP) is 0.270. The number of aliphatic hydroxyl groups is 2. The van der Waals surface area contributed by atoms with E-state index < -0.39 is 29.6 Å². The number of aliphatic carboxylic acids is 1. The van der Waals surface area contributed by atoms with Gasteiger partial charge in [0.15, 0.2) is 6.29 Å². The van der Waals surface area contributed by atoms with Crippen molar-refractivity contribution in [3.05, 3.63) is 41.0 Å². The van der Waals surface area contributed by atoms with Crippen molar-refractivity contribution in [1.29, 1.82) is 0 Å². The summed E-state index contributed by atoms with van der Waals surface area (Å²) in [7, 11) is 0. The van der Waals surface area contributed by atoms with Gasteiger partial charge in [-0.25, -0.2) is 9.59 Å². The van der Waals surface area contributed by atoms with E-state index in [2.05, 4.69) is 4.74 Å². The lowest BCUT2D eigenvalue weighted by Crippen LogP contribution is -2.23. The van der Waals surface area contributed by atoms with Crippen LogP contribution >= 0.6 is 0 Å². The van der Waals surface area contributed by atoms with Crippen molar-refractivity contribution in [1.82, 2.24) is 0 Å². The van der Waals surface area contributed by atoms with Crippen LogP contribution in [-0.2, 0) is 19.1 Å². The standard InChI is InChI=1S/C14H14O7/c1-2-21-14(20)11(15)10(13(18)19)7-8-3-5-9(6-4-8)12(16)17/h3-7,12,16-17H,2H2,1H3,(H,18,19). The summed E-state index contributed by atoms with van der Waals surface area (Å²) in [6.07, 6.45) is -0.641. The number of carboxylic acids is 1. The van der Waals surface area contributed by atoms with Gasteiger partial charge in [-0.05, 0) is 18.6 Å². The number of hydrogen-bond donors (Lipinski definition) is 3. The van der Waals surface area contributed by atoms with Gasteiger partial charge >= 0.3 is 11.9 Å². The highest BCUT2D eigenvalue weighted by Gasteiger charge is 2.25. The third-order valence-electron chi connectivity index (χ3n) is 2.48. The number of carbonyl (C=O) groups is 3. The van der Waals surface area contributed by atoms with Crippen molar-refractivity contribution >= 4 is 23.8 Å². The van der Waals surface area contributed by atoms with Gasteiger partial charge < -0.3 is 20.1 Å². The van der Waals surface area contributed by atoms with Crippen molar-refractivity contribution in [2.45, 2.75) is 13.2 Å². The van der Waals surface area contributed by atoms with Crippen molar-refractivity contribution < 1.29 is 34.4 Å². The molecule has 21 heavy (non-hydrogen) atoms. The van der Waals surface area contributed by atoms with E-state index in [1.54, 1.807) is 0 Å². The predicted molar refractivity (Wildman–Crippen MR) is 70.9 cm³/mol. The van der Waals surface area contributed by atoms with E-state index in [9.17, 15) is 14.4 Å². The summed E-state index contributed by atoms with van der Waals surface area (Å²) >= 11 is 0. The first-order chi connectivity index (χ1) is 9.86. The van der Waals surface area contributed by atoms with E-state index in [1.807, 2.05) is 0 Å². The Kier molecular flexibility index (Phi) is 5.77. The van der Waals surface area contributed by atoms with Crippen molar-refractivity contribution in [3.8, 4) is 0 Å². The molecule has 0 spiro atoms. The molecule has 0 bridgehead atoms. The molecule has 3 N–H and O–H groups in total. The molecule has 0 aliphatic rings. The fourth-order valence-electron chi connectivity index (χ4n) is 1.46. The molecule has 1 aromatic carbocycles. The number of ketones is 1. The van der Waals surface area contributed by atoms with Gasteiger partial charge in [0.1, 0.15) is 5.57 Å². The van der Waals surface area contributed by atoms with E-state index in [0.29, 0.717) is 5.56 Å². The quantitative estimate of drug-likeness (QED) is 0.172. The molecule has 0 aliphatic heterocycles. The molecule has 7 heteroatoms. The Morgan fingerprint density at radius 1 is 1.19 bits per heavy atom. The topological polar surface area (TPSA) is 121 Å². The highest BCUT2D eigenvalue weighted by atomic mass is 16.5. The highest BCUT2D eigenvalue weighted by Crippen LogP contribution is 2.14. The Bertz CT molecular complexity index is 569. The lowest BCUT2D eigenvalue weighted by atomic mass is 10.1. The van der Waals surface area contributed by atoms with Crippen LogP contribution in [0, 0.1) is 0 Å². The SMILES string of the molecule is CCOC(=O)C(=O)C(=Cc1ccc(C(O)O)cc1)C(=O)O. The number of esters is 1. The molecule has 1 aromatic rings. The number of benzene rings is 1. The number of hydrogen-bond acceptors (Lipinski definition) is 6.